The topological polar surface area (TPSA) is 215 Å². The van der Waals surface area contributed by atoms with E-state index < -0.39 is 30.3 Å². The zero-order valence-electron chi connectivity index (χ0n) is 20.8. The van der Waals surface area contributed by atoms with Gasteiger partial charge in [0.2, 0.25) is 0 Å². The lowest BCUT2D eigenvalue weighted by Crippen LogP contribution is -2.26. The van der Waals surface area contributed by atoms with Gasteiger partial charge >= 0.3 is 30.3 Å². The van der Waals surface area contributed by atoms with Gasteiger partial charge in [-0.25, -0.2) is 14.4 Å². The third-order valence-corrected chi connectivity index (χ3v) is 4.53. The highest BCUT2D eigenvalue weighted by Gasteiger charge is 2.38. The molecule has 41 heavy (non-hydrogen) atoms. The summed E-state index contributed by atoms with van der Waals surface area (Å²) in [4.78, 5) is 30.6. The van der Waals surface area contributed by atoms with Gasteiger partial charge < -0.3 is 31.7 Å². The maximum Gasteiger partial charge on any atom is 0.490 e. The van der Waals surface area contributed by atoms with Crippen LogP contribution in [0.15, 0.2) is 60.7 Å². The average molecular weight is 593 g/mol. The molecular weight excluding hydrogens is 568 g/mol. The van der Waals surface area contributed by atoms with Gasteiger partial charge in [-0.15, -0.1) is 0 Å². The molecule has 0 atom stereocenters. The van der Waals surface area contributed by atoms with E-state index in [1.54, 1.807) is 12.1 Å². The highest BCUT2D eigenvalue weighted by Crippen LogP contribution is 2.18. The summed E-state index contributed by atoms with van der Waals surface area (Å²) in [6.07, 6.45) is -6.74. The standard InChI is InChI=1S/C20H23N5O2.2C2HF3O2/c21-19(22)15-8-6-14(7-9-15)10-12-25(11-2-5-18(26)27)17-4-1-3-16(13-17)20(23)24;2*3-2(4,5)1(6)7/h1-9,13H,10-12H2,(H3,21,22)(H3,23,24)(H,26,27);2*(H,6,7). The molecule has 2 aromatic carbocycles. The predicted octanol–water partition coefficient (Wildman–Crippen LogP) is 3.21. The first-order valence-corrected chi connectivity index (χ1v) is 10.9. The number of carboxylic acids is 3. The van der Waals surface area contributed by atoms with Crippen molar-refractivity contribution in [2.45, 2.75) is 18.8 Å². The summed E-state index contributed by atoms with van der Waals surface area (Å²) in [5, 5.41) is 38.1. The van der Waals surface area contributed by atoms with Crippen LogP contribution in [0, 0.1) is 10.8 Å². The number of nitrogens with one attached hydrogen (secondary N) is 2. The molecule has 0 aliphatic carbocycles. The van der Waals surface area contributed by atoms with Crippen molar-refractivity contribution in [3.63, 3.8) is 0 Å². The summed E-state index contributed by atoms with van der Waals surface area (Å²) in [6, 6.07) is 14.8. The van der Waals surface area contributed by atoms with Crippen molar-refractivity contribution >= 4 is 35.3 Å². The fraction of sp³-hybridized carbons (Fsp3) is 0.208. The van der Waals surface area contributed by atoms with E-state index in [0.717, 1.165) is 23.7 Å². The zero-order valence-corrected chi connectivity index (χ0v) is 20.8. The second-order valence-electron chi connectivity index (χ2n) is 7.62. The first kappa shape index (κ1) is 35.9. The van der Waals surface area contributed by atoms with Crippen LogP contribution in [-0.2, 0) is 20.8 Å². The van der Waals surface area contributed by atoms with E-state index in [-0.39, 0.29) is 11.7 Å². The third kappa shape index (κ3) is 15.2. The second-order valence-corrected chi connectivity index (χ2v) is 7.62. The Kier molecular flexibility index (Phi) is 14.1. The van der Waals surface area contributed by atoms with Gasteiger partial charge in [-0.05, 0) is 24.1 Å². The van der Waals surface area contributed by atoms with Crippen LogP contribution >= 0.6 is 0 Å². The average Bonchev–Trinajstić information content (AvgIpc) is 2.85. The fourth-order valence-corrected chi connectivity index (χ4v) is 2.59. The Labute approximate surface area is 228 Å². The lowest BCUT2D eigenvalue weighted by atomic mass is 10.1. The summed E-state index contributed by atoms with van der Waals surface area (Å²) in [7, 11) is 0. The number of nitrogens with two attached hydrogens (primary N) is 2. The predicted molar refractivity (Wildman–Crippen MR) is 135 cm³/mol. The van der Waals surface area contributed by atoms with E-state index in [4.69, 9.17) is 47.2 Å². The lowest BCUT2D eigenvalue weighted by molar-refractivity contribution is -0.193. The van der Waals surface area contributed by atoms with Crippen LogP contribution in [0.1, 0.15) is 16.7 Å². The zero-order chi connectivity index (χ0) is 32.0. The first-order chi connectivity index (χ1) is 18.7. The number of nitrogens with zero attached hydrogens (tertiary/aromatic N) is 1. The molecule has 0 saturated carbocycles. The van der Waals surface area contributed by atoms with Gasteiger partial charge in [-0.1, -0.05) is 42.5 Å². The summed E-state index contributed by atoms with van der Waals surface area (Å²) in [6.45, 7) is 1.06. The largest absolute Gasteiger partial charge is 0.490 e. The van der Waals surface area contributed by atoms with E-state index in [9.17, 15) is 31.1 Å². The minimum Gasteiger partial charge on any atom is -0.478 e. The third-order valence-electron chi connectivity index (χ3n) is 4.53. The molecule has 0 heterocycles. The lowest BCUT2D eigenvalue weighted by Gasteiger charge is -2.24. The molecule has 2 aromatic rings. The van der Waals surface area contributed by atoms with E-state index in [2.05, 4.69) is 0 Å². The smallest absolute Gasteiger partial charge is 0.478 e. The van der Waals surface area contributed by atoms with Gasteiger partial charge in [0.25, 0.3) is 0 Å². The fourth-order valence-electron chi connectivity index (χ4n) is 2.59. The number of hydrogen-bond acceptors (Lipinski definition) is 6. The molecule has 9 N–H and O–H groups in total. The monoisotopic (exact) mass is 593 g/mol. The van der Waals surface area contributed by atoms with Crippen molar-refractivity contribution in [3.05, 3.63) is 77.4 Å². The van der Waals surface area contributed by atoms with Crippen molar-refractivity contribution in [1.29, 1.82) is 10.8 Å². The van der Waals surface area contributed by atoms with Crippen molar-refractivity contribution in [2.24, 2.45) is 11.5 Å². The first-order valence-electron chi connectivity index (χ1n) is 10.9. The van der Waals surface area contributed by atoms with Crippen molar-refractivity contribution in [2.75, 3.05) is 18.0 Å². The van der Waals surface area contributed by atoms with Gasteiger partial charge in [-0.3, -0.25) is 10.8 Å². The number of nitrogen functional groups attached to an aromatic ring is 2. The Morgan fingerprint density at radius 3 is 1.66 bits per heavy atom. The number of aliphatic carboxylic acids is 3. The van der Waals surface area contributed by atoms with Crippen LogP contribution < -0.4 is 16.4 Å². The Morgan fingerprint density at radius 1 is 0.805 bits per heavy atom. The van der Waals surface area contributed by atoms with Crippen LogP contribution in [0.5, 0.6) is 0 Å². The van der Waals surface area contributed by atoms with Gasteiger partial charge in [-0.2, -0.15) is 26.3 Å². The number of anilines is 1. The Balaban J connectivity index is 0.000000941. The van der Waals surface area contributed by atoms with E-state index >= 15 is 0 Å². The minimum absolute atomic E-state index is 0.0160. The number of carbonyl (C=O) groups is 3. The number of hydrogen-bond donors (Lipinski definition) is 7. The molecule has 17 heteroatoms. The summed E-state index contributed by atoms with van der Waals surface area (Å²) < 4.78 is 63.5. The molecule has 0 aliphatic heterocycles. The normalized spacial score (nSPS) is 10.9. The molecule has 2 rings (SSSR count). The molecule has 0 aromatic heterocycles. The molecule has 0 unspecified atom stereocenters. The molecule has 0 fully saturated rings. The van der Waals surface area contributed by atoms with E-state index in [0.29, 0.717) is 24.2 Å². The number of amidine groups is 2. The van der Waals surface area contributed by atoms with E-state index in [1.807, 2.05) is 47.4 Å². The summed E-state index contributed by atoms with van der Waals surface area (Å²) in [5.41, 5.74) is 14.3. The molecule has 0 radical (unpaired) electrons. The van der Waals surface area contributed by atoms with Crippen LogP contribution in [-0.4, -0.2) is 70.3 Å². The molecule has 224 valence electrons. The maximum atomic E-state index is 10.7. The van der Waals surface area contributed by atoms with E-state index in [1.165, 1.54) is 0 Å². The number of benzene rings is 2. The number of alkyl halides is 6. The van der Waals surface area contributed by atoms with Crippen LogP contribution in [0.2, 0.25) is 0 Å². The maximum absolute atomic E-state index is 10.7. The molecule has 11 nitrogen and oxygen atoms in total. The van der Waals surface area contributed by atoms with Gasteiger partial charge in [0.05, 0.1) is 0 Å². The summed E-state index contributed by atoms with van der Waals surface area (Å²) >= 11 is 0. The van der Waals surface area contributed by atoms with Crippen molar-refractivity contribution in [1.82, 2.24) is 0 Å². The van der Waals surface area contributed by atoms with Crippen molar-refractivity contribution < 1.29 is 56.0 Å². The van der Waals surface area contributed by atoms with Gasteiger partial charge in [0.1, 0.15) is 11.7 Å². The van der Waals surface area contributed by atoms with Crippen LogP contribution in [0.25, 0.3) is 0 Å². The Hall–Kier alpha value is -5.09. The minimum atomic E-state index is -5.08. The number of halogens is 6. The molecular formula is C24H25F6N5O6. The van der Waals surface area contributed by atoms with Crippen LogP contribution in [0.4, 0.5) is 32.0 Å². The van der Waals surface area contributed by atoms with Crippen molar-refractivity contribution in [3.8, 4) is 0 Å². The molecule has 0 amide bonds. The molecule has 0 bridgehead atoms. The highest BCUT2D eigenvalue weighted by molar-refractivity contribution is 5.96. The van der Waals surface area contributed by atoms with Gasteiger partial charge in [0, 0.05) is 36.0 Å². The Morgan fingerprint density at radius 2 is 1.27 bits per heavy atom. The Bertz CT molecular complexity index is 1220. The SMILES string of the molecule is N=C(N)c1ccc(CCN(CC=CC(=O)O)c2cccc(C(=N)N)c2)cc1.O=C(O)C(F)(F)F.O=C(O)C(F)(F)F. The quantitative estimate of drug-likeness (QED) is 0.0982. The van der Waals surface area contributed by atoms with Crippen LogP contribution in [0.3, 0.4) is 0 Å². The number of carboxylic acid groups (broad SMARTS) is 3. The molecule has 0 aliphatic rings. The summed E-state index contributed by atoms with van der Waals surface area (Å²) in [5.74, 6) is -6.49. The van der Waals surface area contributed by atoms with Gasteiger partial charge in [0.15, 0.2) is 0 Å². The number of rotatable bonds is 9. The molecule has 0 saturated heterocycles. The highest BCUT2D eigenvalue weighted by atomic mass is 19.4. The second kappa shape index (κ2) is 16.1. The molecule has 0 spiro atoms.